The summed E-state index contributed by atoms with van der Waals surface area (Å²) < 4.78 is 6.00. The summed E-state index contributed by atoms with van der Waals surface area (Å²) in [6.45, 7) is 14.5. The minimum absolute atomic E-state index is 0.0791. The van der Waals surface area contributed by atoms with Gasteiger partial charge in [-0.25, -0.2) is 0 Å². The molecule has 2 atom stereocenters. The second-order valence-electron chi connectivity index (χ2n) is 6.66. The first-order valence-electron chi connectivity index (χ1n) is 6.63. The molecule has 1 heterocycles. The number of likely N-dealkylation sites (tertiary alicyclic amines) is 1. The monoisotopic (exact) mass is 241 g/mol. The van der Waals surface area contributed by atoms with Crippen LogP contribution in [0.5, 0.6) is 0 Å². The fraction of sp³-hybridized carbons (Fsp3) is 0.929. The fourth-order valence-electron chi connectivity index (χ4n) is 1.94. The van der Waals surface area contributed by atoms with E-state index in [1.165, 1.54) is 0 Å². The summed E-state index contributed by atoms with van der Waals surface area (Å²) in [5, 5.41) is 0. The van der Waals surface area contributed by atoms with Gasteiger partial charge in [-0.1, -0.05) is 34.6 Å². The number of nitrogens with zero attached hydrogens (tertiary/aromatic N) is 1. The normalized spacial score (nSPS) is 23.6. The van der Waals surface area contributed by atoms with Crippen LogP contribution in [-0.4, -0.2) is 36.1 Å². The molecule has 0 bridgehead atoms. The molecule has 0 radical (unpaired) electrons. The maximum Gasteiger partial charge on any atom is 0.225 e. The highest BCUT2D eigenvalue weighted by molar-refractivity contribution is 5.79. The Bertz CT molecular complexity index is 268. The van der Waals surface area contributed by atoms with E-state index in [0.717, 1.165) is 13.1 Å². The largest absolute Gasteiger partial charge is 0.372 e. The van der Waals surface area contributed by atoms with E-state index >= 15 is 0 Å². The lowest BCUT2D eigenvalue weighted by atomic mass is 9.90. The van der Waals surface area contributed by atoms with Crippen LogP contribution < -0.4 is 0 Å². The maximum absolute atomic E-state index is 11.8. The smallest absolute Gasteiger partial charge is 0.225 e. The van der Waals surface area contributed by atoms with Gasteiger partial charge in [0, 0.05) is 13.1 Å². The molecule has 1 aliphatic rings. The Balaban J connectivity index is 2.47. The number of carbonyl (C=O) groups excluding carboxylic acids is 1. The van der Waals surface area contributed by atoms with Crippen LogP contribution in [0, 0.1) is 11.3 Å². The zero-order valence-corrected chi connectivity index (χ0v) is 12.1. The van der Waals surface area contributed by atoms with E-state index in [0.29, 0.717) is 12.3 Å². The Kier molecular flexibility index (Phi) is 4.59. The van der Waals surface area contributed by atoms with Crippen molar-refractivity contribution in [2.75, 3.05) is 13.1 Å². The van der Waals surface area contributed by atoms with Crippen molar-refractivity contribution in [3.8, 4) is 0 Å². The quantitative estimate of drug-likeness (QED) is 0.757. The van der Waals surface area contributed by atoms with Gasteiger partial charge in [0.1, 0.15) is 0 Å². The Morgan fingerprint density at radius 3 is 2.41 bits per heavy atom. The third kappa shape index (κ3) is 4.30. The van der Waals surface area contributed by atoms with Gasteiger partial charge in [0.2, 0.25) is 5.91 Å². The SMILES string of the molecule is CC(C)CN1CC(O[C@H](C)C(C)(C)C)CC1=O. The van der Waals surface area contributed by atoms with Gasteiger partial charge in [0.15, 0.2) is 0 Å². The third-order valence-electron chi connectivity index (χ3n) is 3.38. The molecule has 0 aromatic rings. The average molecular weight is 241 g/mol. The highest BCUT2D eigenvalue weighted by Crippen LogP contribution is 2.26. The molecule has 1 aliphatic heterocycles. The molecule has 1 saturated heterocycles. The van der Waals surface area contributed by atoms with Crippen molar-refractivity contribution >= 4 is 5.91 Å². The number of carbonyl (C=O) groups is 1. The van der Waals surface area contributed by atoms with Gasteiger partial charge >= 0.3 is 0 Å². The molecule has 1 fully saturated rings. The summed E-state index contributed by atoms with van der Waals surface area (Å²) in [5.41, 5.74) is 0.133. The van der Waals surface area contributed by atoms with E-state index in [2.05, 4.69) is 41.5 Å². The lowest BCUT2D eigenvalue weighted by molar-refractivity contribution is -0.128. The standard InChI is InChI=1S/C14H27NO2/c1-10(2)8-15-9-12(7-13(15)16)17-11(3)14(4,5)6/h10-12H,7-9H2,1-6H3/t11-,12?/m1/s1. The summed E-state index contributed by atoms with van der Waals surface area (Å²) in [5.74, 6) is 0.766. The summed E-state index contributed by atoms with van der Waals surface area (Å²) in [4.78, 5) is 13.7. The molecule has 0 spiro atoms. The van der Waals surface area contributed by atoms with Crippen molar-refractivity contribution in [3.05, 3.63) is 0 Å². The summed E-state index contributed by atoms with van der Waals surface area (Å²) in [7, 11) is 0. The van der Waals surface area contributed by atoms with Crippen LogP contribution in [0.15, 0.2) is 0 Å². The fourth-order valence-corrected chi connectivity index (χ4v) is 1.94. The van der Waals surface area contributed by atoms with Crippen LogP contribution in [-0.2, 0) is 9.53 Å². The van der Waals surface area contributed by atoms with Crippen molar-refractivity contribution < 1.29 is 9.53 Å². The molecule has 0 aromatic carbocycles. The number of rotatable bonds is 4. The zero-order chi connectivity index (χ0) is 13.2. The highest BCUT2D eigenvalue weighted by Gasteiger charge is 2.33. The van der Waals surface area contributed by atoms with Gasteiger partial charge in [0.25, 0.3) is 0 Å². The Hall–Kier alpha value is -0.570. The maximum atomic E-state index is 11.8. The summed E-state index contributed by atoms with van der Waals surface area (Å²) in [6.07, 6.45) is 0.808. The predicted molar refractivity (Wildman–Crippen MR) is 69.8 cm³/mol. The predicted octanol–water partition coefficient (Wildman–Crippen LogP) is 2.69. The van der Waals surface area contributed by atoms with Gasteiger partial charge in [-0.15, -0.1) is 0 Å². The van der Waals surface area contributed by atoms with Gasteiger partial charge < -0.3 is 9.64 Å². The van der Waals surface area contributed by atoms with Crippen LogP contribution in [0.1, 0.15) is 48.0 Å². The summed E-state index contributed by atoms with van der Waals surface area (Å²) in [6, 6.07) is 0. The first-order valence-corrected chi connectivity index (χ1v) is 6.63. The second-order valence-corrected chi connectivity index (χ2v) is 6.66. The molecule has 1 amide bonds. The molecular formula is C14H27NO2. The van der Waals surface area contributed by atoms with E-state index in [1.807, 2.05) is 4.90 Å². The summed E-state index contributed by atoms with van der Waals surface area (Å²) >= 11 is 0. The molecule has 0 aromatic heterocycles. The van der Waals surface area contributed by atoms with E-state index in [-0.39, 0.29) is 23.5 Å². The van der Waals surface area contributed by atoms with Crippen molar-refractivity contribution in [3.63, 3.8) is 0 Å². The molecule has 17 heavy (non-hydrogen) atoms. The van der Waals surface area contributed by atoms with Gasteiger partial charge in [0.05, 0.1) is 18.6 Å². The minimum Gasteiger partial charge on any atom is -0.372 e. The number of amides is 1. The molecule has 100 valence electrons. The zero-order valence-electron chi connectivity index (χ0n) is 12.1. The van der Waals surface area contributed by atoms with Crippen molar-refractivity contribution in [2.24, 2.45) is 11.3 Å². The molecule has 0 N–H and O–H groups in total. The van der Waals surface area contributed by atoms with Gasteiger partial charge in [-0.3, -0.25) is 4.79 Å². The van der Waals surface area contributed by atoms with Crippen LogP contribution >= 0.6 is 0 Å². The Labute approximate surface area is 106 Å². The van der Waals surface area contributed by atoms with Gasteiger partial charge in [-0.2, -0.15) is 0 Å². The first-order chi connectivity index (χ1) is 7.70. The van der Waals surface area contributed by atoms with E-state index in [9.17, 15) is 4.79 Å². The average Bonchev–Trinajstić information content (AvgIpc) is 2.44. The highest BCUT2D eigenvalue weighted by atomic mass is 16.5. The van der Waals surface area contributed by atoms with E-state index in [1.54, 1.807) is 0 Å². The molecule has 0 aliphatic carbocycles. The lowest BCUT2D eigenvalue weighted by Gasteiger charge is -2.30. The number of hydrogen-bond donors (Lipinski definition) is 0. The Morgan fingerprint density at radius 2 is 1.94 bits per heavy atom. The van der Waals surface area contributed by atoms with Crippen LogP contribution in [0.2, 0.25) is 0 Å². The molecule has 3 nitrogen and oxygen atoms in total. The van der Waals surface area contributed by atoms with E-state index in [4.69, 9.17) is 4.74 Å². The lowest BCUT2D eigenvalue weighted by Crippen LogP contribution is -2.33. The molecule has 0 saturated carbocycles. The molecular weight excluding hydrogens is 214 g/mol. The topological polar surface area (TPSA) is 29.5 Å². The second kappa shape index (κ2) is 5.38. The molecule has 1 rings (SSSR count). The van der Waals surface area contributed by atoms with Crippen molar-refractivity contribution in [2.45, 2.75) is 60.2 Å². The third-order valence-corrected chi connectivity index (χ3v) is 3.38. The first kappa shape index (κ1) is 14.5. The van der Waals surface area contributed by atoms with Crippen molar-refractivity contribution in [1.82, 2.24) is 4.90 Å². The Morgan fingerprint density at radius 1 is 1.35 bits per heavy atom. The molecule has 1 unspecified atom stereocenters. The van der Waals surface area contributed by atoms with Crippen LogP contribution in [0.4, 0.5) is 0 Å². The van der Waals surface area contributed by atoms with Crippen molar-refractivity contribution in [1.29, 1.82) is 0 Å². The van der Waals surface area contributed by atoms with Crippen LogP contribution in [0.3, 0.4) is 0 Å². The molecule has 3 heteroatoms. The number of ether oxygens (including phenoxy) is 1. The minimum atomic E-state index is 0.0791. The number of hydrogen-bond acceptors (Lipinski definition) is 2. The van der Waals surface area contributed by atoms with Gasteiger partial charge in [-0.05, 0) is 18.3 Å². The van der Waals surface area contributed by atoms with Crippen LogP contribution in [0.25, 0.3) is 0 Å². The van der Waals surface area contributed by atoms with E-state index < -0.39 is 0 Å².